The minimum absolute atomic E-state index is 0.0519. The third-order valence-corrected chi connectivity index (χ3v) is 2.73. The van der Waals surface area contributed by atoms with Crippen molar-refractivity contribution < 1.29 is 9.84 Å². The Morgan fingerprint density at radius 1 is 1.19 bits per heavy atom. The Morgan fingerprint density at radius 3 is 2.50 bits per heavy atom. The zero-order chi connectivity index (χ0) is 11.8. The summed E-state index contributed by atoms with van der Waals surface area (Å²) in [6.07, 6.45) is 0. The Bertz CT molecular complexity index is 301. The average molecular weight is 264 g/mol. The Kier molecular flexibility index (Phi) is 6.76. The van der Waals surface area contributed by atoms with E-state index in [9.17, 15) is 0 Å². The van der Waals surface area contributed by atoms with Crippen LogP contribution in [0.5, 0.6) is 0 Å². The molecular weight excluding hydrogens is 249 g/mol. The summed E-state index contributed by atoms with van der Waals surface area (Å²) in [6, 6.07) is 5.44. The standard InChI is InChI=1S/C11H15Cl2NO2/c12-10-2-1-3-11(13)9(10)8-14-4-6-16-7-5-15/h1-3,14-15H,4-8H2. The van der Waals surface area contributed by atoms with Gasteiger partial charge in [0.15, 0.2) is 0 Å². The van der Waals surface area contributed by atoms with Gasteiger partial charge in [0.05, 0.1) is 19.8 Å². The SMILES string of the molecule is OCCOCCNCc1c(Cl)cccc1Cl. The van der Waals surface area contributed by atoms with Gasteiger partial charge in [-0.15, -0.1) is 0 Å². The summed E-state index contributed by atoms with van der Waals surface area (Å²) < 4.78 is 5.10. The first kappa shape index (κ1) is 13.7. The van der Waals surface area contributed by atoms with E-state index in [4.69, 9.17) is 33.0 Å². The lowest BCUT2D eigenvalue weighted by Crippen LogP contribution is -2.20. The van der Waals surface area contributed by atoms with E-state index < -0.39 is 0 Å². The van der Waals surface area contributed by atoms with Crippen molar-refractivity contribution in [1.29, 1.82) is 0 Å². The summed E-state index contributed by atoms with van der Waals surface area (Å²) in [5.74, 6) is 0. The molecule has 0 heterocycles. The van der Waals surface area contributed by atoms with Crippen LogP contribution in [0.15, 0.2) is 18.2 Å². The first-order valence-corrected chi connectivity index (χ1v) is 5.83. The molecule has 0 fully saturated rings. The van der Waals surface area contributed by atoms with Gasteiger partial charge in [0.1, 0.15) is 0 Å². The number of rotatable bonds is 7. The minimum atomic E-state index is 0.0519. The van der Waals surface area contributed by atoms with Gasteiger partial charge in [0.2, 0.25) is 0 Å². The van der Waals surface area contributed by atoms with E-state index in [0.717, 1.165) is 5.56 Å². The van der Waals surface area contributed by atoms with Gasteiger partial charge in [-0.05, 0) is 12.1 Å². The number of halogens is 2. The molecular formula is C11H15Cl2NO2. The van der Waals surface area contributed by atoms with E-state index in [1.165, 1.54) is 0 Å². The molecule has 3 nitrogen and oxygen atoms in total. The van der Waals surface area contributed by atoms with Crippen LogP contribution >= 0.6 is 23.2 Å². The highest BCUT2D eigenvalue weighted by Crippen LogP contribution is 2.23. The highest BCUT2D eigenvalue weighted by molar-refractivity contribution is 6.35. The third kappa shape index (κ3) is 4.68. The Labute approximate surface area is 105 Å². The van der Waals surface area contributed by atoms with Crippen molar-refractivity contribution in [2.24, 2.45) is 0 Å². The molecule has 2 N–H and O–H groups in total. The predicted molar refractivity (Wildman–Crippen MR) is 66.1 cm³/mol. The van der Waals surface area contributed by atoms with Crippen LogP contribution in [0.4, 0.5) is 0 Å². The third-order valence-electron chi connectivity index (χ3n) is 2.02. The van der Waals surface area contributed by atoms with Crippen LogP contribution in [0, 0.1) is 0 Å². The molecule has 0 spiro atoms. The number of aliphatic hydroxyl groups excluding tert-OH is 1. The highest BCUT2D eigenvalue weighted by Gasteiger charge is 2.03. The van der Waals surface area contributed by atoms with Gasteiger partial charge in [-0.25, -0.2) is 0 Å². The second-order valence-corrected chi connectivity index (χ2v) is 4.03. The summed E-state index contributed by atoms with van der Waals surface area (Å²) in [5, 5.41) is 13.0. The average Bonchev–Trinajstić information content (AvgIpc) is 2.26. The summed E-state index contributed by atoms with van der Waals surface area (Å²) in [7, 11) is 0. The van der Waals surface area contributed by atoms with E-state index in [1.807, 2.05) is 18.2 Å². The van der Waals surface area contributed by atoms with Gasteiger partial charge < -0.3 is 15.2 Å². The maximum atomic E-state index is 8.49. The van der Waals surface area contributed by atoms with Gasteiger partial charge >= 0.3 is 0 Å². The molecule has 1 aromatic rings. The van der Waals surface area contributed by atoms with E-state index in [0.29, 0.717) is 36.3 Å². The number of hydrogen-bond acceptors (Lipinski definition) is 3. The number of hydrogen-bond donors (Lipinski definition) is 2. The van der Waals surface area contributed by atoms with Gasteiger partial charge in [-0.1, -0.05) is 29.3 Å². The molecule has 0 bridgehead atoms. The minimum Gasteiger partial charge on any atom is -0.394 e. The smallest absolute Gasteiger partial charge is 0.0698 e. The number of nitrogens with one attached hydrogen (secondary N) is 1. The van der Waals surface area contributed by atoms with Crippen molar-refractivity contribution in [3.63, 3.8) is 0 Å². The van der Waals surface area contributed by atoms with Gasteiger partial charge in [-0.2, -0.15) is 0 Å². The lowest BCUT2D eigenvalue weighted by atomic mass is 10.2. The van der Waals surface area contributed by atoms with Crippen LogP contribution < -0.4 is 5.32 Å². The second kappa shape index (κ2) is 7.87. The van der Waals surface area contributed by atoms with Crippen molar-refractivity contribution >= 4 is 23.2 Å². The second-order valence-electron chi connectivity index (χ2n) is 3.21. The van der Waals surface area contributed by atoms with Crippen molar-refractivity contribution in [1.82, 2.24) is 5.32 Å². The Hall–Kier alpha value is -0.320. The van der Waals surface area contributed by atoms with Crippen LogP contribution in [0.2, 0.25) is 10.0 Å². The molecule has 0 unspecified atom stereocenters. The van der Waals surface area contributed by atoms with E-state index >= 15 is 0 Å². The van der Waals surface area contributed by atoms with Crippen LogP contribution in [-0.4, -0.2) is 31.5 Å². The quantitative estimate of drug-likeness (QED) is 0.741. The molecule has 0 aliphatic carbocycles. The fourth-order valence-corrected chi connectivity index (χ4v) is 1.76. The monoisotopic (exact) mass is 263 g/mol. The van der Waals surface area contributed by atoms with Crippen molar-refractivity contribution in [2.45, 2.75) is 6.54 Å². The Morgan fingerprint density at radius 2 is 1.88 bits per heavy atom. The highest BCUT2D eigenvalue weighted by atomic mass is 35.5. The maximum absolute atomic E-state index is 8.49. The first-order chi connectivity index (χ1) is 7.75. The normalized spacial score (nSPS) is 10.7. The van der Waals surface area contributed by atoms with Gasteiger partial charge in [0, 0.05) is 28.7 Å². The lowest BCUT2D eigenvalue weighted by molar-refractivity contribution is 0.0938. The predicted octanol–water partition coefficient (Wildman–Crippen LogP) is 2.09. The molecule has 1 rings (SSSR count). The van der Waals surface area contributed by atoms with Crippen LogP contribution in [0.1, 0.15) is 5.56 Å². The molecule has 0 amide bonds. The molecule has 0 saturated carbocycles. The molecule has 5 heteroatoms. The first-order valence-electron chi connectivity index (χ1n) is 5.08. The van der Waals surface area contributed by atoms with Gasteiger partial charge in [-0.3, -0.25) is 0 Å². The molecule has 0 atom stereocenters. The number of aliphatic hydroxyl groups is 1. The molecule has 0 aliphatic rings. The summed E-state index contributed by atoms with van der Waals surface area (Å²) in [6.45, 7) is 2.29. The molecule has 0 aromatic heterocycles. The zero-order valence-electron chi connectivity index (χ0n) is 8.88. The molecule has 16 heavy (non-hydrogen) atoms. The van der Waals surface area contributed by atoms with Crippen LogP contribution in [0.25, 0.3) is 0 Å². The molecule has 90 valence electrons. The topological polar surface area (TPSA) is 41.5 Å². The largest absolute Gasteiger partial charge is 0.394 e. The van der Waals surface area contributed by atoms with Crippen LogP contribution in [-0.2, 0) is 11.3 Å². The summed E-state index contributed by atoms with van der Waals surface area (Å²) in [5.41, 5.74) is 0.896. The van der Waals surface area contributed by atoms with Crippen molar-refractivity contribution in [2.75, 3.05) is 26.4 Å². The molecule has 0 saturated heterocycles. The van der Waals surface area contributed by atoms with Crippen molar-refractivity contribution in [3.8, 4) is 0 Å². The van der Waals surface area contributed by atoms with Crippen molar-refractivity contribution in [3.05, 3.63) is 33.8 Å². The van der Waals surface area contributed by atoms with Crippen LogP contribution in [0.3, 0.4) is 0 Å². The van der Waals surface area contributed by atoms with E-state index in [1.54, 1.807) is 0 Å². The summed E-state index contributed by atoms with van der Waals surface area (Å²) in [4.78, 5) is 0. The molecule has 0 radical (unpaired) electrons. The zero-order valence-corrected chi connectivity index (χ0v) is 10.4. The fourth-order valence-electron chi connectivity index (χ4n) is 1.23. The van der Waals surface area contributed by atoms with E-state index in [2.05, 4.69) is 5.32 Å². The summed E-state index contributed by atoms with van der Waals surface area (Å²) >= 11 is 12.0. The maximum Gasteiger partial charge on any atom is 0.0698 e. The number of benzene rings is 1. The van der Waals surface area contributed by atoms with Gasteiger partial charge in [0.25, 0.3) is 0 Å². The lowest BCUT2D eigenvalue weighted by Gasteiger charge is -2.08. The molecule has 1 aromatic carbocycles. The fraction of sp³-hybridized carbons (Fsp3) is 0.455. The number of ether oxygens (including phenoxy) is 1. The Balaban J connectivity index is 2.26. The molecule has 0 aliphatic heterocycles. The van der Waals surface area contributed by atoms with E-state index in [-0.39, 0.29) is 6.61 Å².